The number of imide groups is 1. The van der Waals surface area contributed by atoms with Crippen molar-refractivity contribution in [2.24, 2.45) is 11.8 Å². The summed E-state index contributed by atoms with van der Waals surface area (Å²) in [6.07, 6.45) is 3.81. The fourth-order valence-corrected chi connectivity index (χ4v) is 2.91. The fraction of sp³-hybridized carbons (Fsp3) is 0.429. The van der Waals surface area contributed by atoms with Gasteiger partial charge in [-0.15, -0.1) is 0 Å². The molecule has 4 heteroatoms. The van der Waals surface area contributed by atoms with Crippen LogP contribution in [0, 0.1) is 11.8 Å². The van der Waals surface area contributed by atoms with Crippen molar-refractivity contribution >= 4 is 17.5 Å². The third kappa shape index (κ3) is 1.78. The number of nitrogens with zero attached hydrogens (tertiary/aromatic N) is 1. The third-order valence-electron chi connectivity index (χ3n) is 3.86. The van der Waals surface area contributed by atoms with Gasteiger partial charge in [0.25, 0.3) is 11.8 Å². The normalized spacial score (nSPS) is 27.2. The van der Waals surface area contributed by atoms with Gasteiger partial charge in [0.05, 0.1) is 17.5 Å². The predicted molar refractivity (Wildman–Crippen MR) is 67.4 cm³/mol. The van der Waals surface area contributed by atoms with Gasteiger partial charge in [0.1, 0.15) is 0 Å². The highest BCUT2D eigenvalue weighted by Crippen LogP contribution is 2.37. The summed E-state index contributed by atoms with van der Waals surface area (Å²) in [6, 6.07) is 9.35. The second-order valence-corrected chi connectivity index (χ2v) is 4.99. The molecule has 4 nitrogen and oxygen atoms in total. The van der Waals surface area contributed by atoms with E-state index in [2.05, 4.69) is 5.43 Å². The monoisotopic (exact) mass is 244 g/mol. The highest BCUT2D eigenvalue weighted by Gasteiger charge is 2.48. The number of hydrogen-bond donors (Lipinski definition) is 1. The molecule has 1 aromatic carbocycles. The summed E-state index contributed by atoms with van der Waals surface area (Å²) in [5.41, 5.74) is 3.71. The van der Waals surface area contributed by atoms with Gasteiger partial charge in [-0.1, -0.05) is 31.0 Å². The summed E-state index contributed by atoms with van der Waals surface area (Å²) in [4.78, 5) is 24.4. The van der Waals surface area contributed by atoms with Crippen LogP contribution in [0.3, 0.4) is 0 Å². The number of para-hydroxylation sites is 1. The SMILES string of the molecule is O=C1C2CCCCC2C(=O)N1Nc1ccccc1. The second kappa shape index (κ2) is 4.44. The first-order valence-corrected chi connectivity index (χ1v) is 6.47. The van der Waals surface area contributed by atoms with Gasteiger partial charge < -0.3 is 0 Å². The molecule has 1 saturated heterocycles. The molecule has 18 heavy (non-hydrogen) atoms. The van der Waals surface area contributed by atoms with Crippen molar-refractivity contribution in [3.8, 4) is 0 Å². The van der Waals surface area contributed by atoms with Gasteiger partial charge in [-0.2, -0.15) is 5.01 Å². The first kappa shape index (κ1) is 11.3. The van der Waals surface area contributed by atoms with Crippen molar-refractivity contribution in [3.63, 3.8) is 0 Å². The number of benzene rings is 1. The Morgan fingerprint density at radius 2 is 1.50 bits per heavy atom. The molecule has 0 radical (unpaired) electrons. The van der Waals surface area contributed by atoms with Gasteiger partial charge in [-0.05, 0) is 25.0 Å². The topological polar surface area (TPSA) is 49.4 Å². The molecule has 2 fully saturated rings. The van der Waals surface area contributed by atoms with E-state index in [0.29, 0.717) is 0 Å². The molecular formula is C14H16N2O2. The van der Waals surface area contributed by atoms with Crippen molar-refractivity contribution in [1.29, 1.82) is 0 Å². The van der Waals surface area contributed by atoms with Crippen LogP contribution >= 0.6 is 0 Å². The third-order valence-corrected chi connectivity index (χ3v) is 3.86. The summed E-state index contributed by atoms with van der Waals surface area (Å²) < 4.78 is 0. The molecule has 2 aliphatic rings. The Hall–Kier alpha value is -1.84. The van der Waals surface area contributed by atoms with Crippen LogP contribution in [0.25, 0.3) is 0 Å². The van der Waals surface area contributed by atoms with E-state index < -0.39 is 0 Å². The van der Waals surface area contributed by atoms with Crippen LogP contribution in [0.4, 0.5) is 5.69 Å². The average Bonchev–Trinajstić information content (AvgIpc) is 2.66. The lowest BCUT2D eigenvalue weighted by atomic mass is 9.81. The summed E-state index contributed by atoms with van der Waals surface area (Å²) in [5.74, 6) is -0.313. The molecule has 1 aromatic rings. The molecule has 1 N–H and O–H groups in total. The first-order chi connectivity index (χ1) is 8.77. The van der Waals surface area contributed by atoms with Crippen molar-refractivity contribution in [1.82, 2.24) is 5.01 Å². The lowest BCUT2D eigenvalue weighted by Gasteiger charge is -2.19. The highest BCUT2D eigenvalue weighted by atomic mass is 16.2. The Balaban J connectivity index is 1.80. The van der Waals surface area contributed by atoms with E-state index in [4.69, 9.17) is 0 Å². The van der Waals surface area contributed by atoms with Crippen LogP contribution < -0.4 is 5.43 Å². The molecule has 2 atom stereocenters. The van der Waals surface area contributed by atoms with E-state index in [-0.39, 0.29) is 23.7 Å². The highest BCUT2D eigenvalue weighted by molar-refractivity contribution is 6.06. The van der Waals surface area contributed by atoms with Crippen molar-refractivity contribution in [3.05, 3.63) is 30.3 Å². The van der Waals surface area contributed by atoms with Crippen molar-refractivity contribution < 1.29 is 9.59 Å². The first-order valence-electron chi connectivity index (χ1n) is 6.47. The number of hydrazine groups is 1. The number of rotatable bonds is 2. The minimum atomic E-state index is -0.0949. The molecular weight excluding hydrogens is 228 g/mol. The lowest BCUT2D eigenvalue weighted by Crippen LogP contribution is -2.36. The van der Waals surface area contributed by atoms with E-state index in [1.807, 2.05) is 30.3 Å². The second-order valence-electron chi connectivity index (χ2n) is 4.99. The van der Waals surface area contributed by atoms with Gasteiger partial charge in [0.15, 0.2) is 0 Å². The maximum atomic E-state index is 12.2. The van der Waals surface area contributed by atoms with E-state index in [1.54, 1.807) is 0 Å². The molecule has 1 heterocycles. The zero-order valence-electron chi connectivity index (χ0n) is 10.1. The van der Waals surface area contributed by atoms with E-state index in [9.17, 15) is 9.59 Å². The molecule has 0 aromatic heterocycles. The van der Waals surface area contributed by atoms with Crippen molar-refractivity contribution in [2.45, 2.75) is 25.7 Å². The Labute approximate surface area is 106 Å². The lowest BCUT2D eigenvalue weighted by molar-refractivity contribution is -0.138. The average molecular weight is 244 g/mol. The molecule has 94 valence electrons. The summed E-state index contributed by atoms with van der Waals surface area (Å²) in [5, 5.41) is 1.22. The van der Waals surface area contributed by atoms with Crippen LogP contribution in [0.2, 0.25) is 0 Å². The molecule has 1 saturated carbocycles. The Bertz CT molecular complexity index is 448. The molecule has 2 unspecified atom stereocenters. The molecule has 0 bridgehead atoms. The number of anilines is 1. The van der Waals surface area contributed by atoms with Crippen molar-refractivity contribution in [2.75, 3.05) is 5.43 Å². The summed E-state index contributed by atoms with van der Waals surface area (Å²) in [6.45, 7) is 0. The zero-order chi connectivity index (χ0) is 12.5. The van der Waals surface area contributed by atoms with E-state index >= 15 is 0 Å². The quantitative estimate of drug-likeness (QED) is 0.811. The summed E-state index contributed by atoms with van der Waals surface area (Å²) >= 11 is 0. The van der Waals surface area contributed by atoms with Gasteiger partial charge in [-0.3, -0.25) is 15.0 Å². The number of fused-ring (bicyclic) bond motifs is 1. The molecule has 1 aliphatic carbocycles. The number of carbonyl (C=O) groups excluding carboxylic acids is 2. The van der Waals surface area contributed by atoms with Crippen LogP contribution in [0.5, 0.6) is 0 Å². The maximum absolute atomic E-state index is 12.2. The number of amides is 2. The molecule has 2 amide bonds. The van der Waals surface area contributed by atoms with E-state index in [0.717, 1.165) is 31.4 Å². The minimum absolute atomic E-state index is 0.0615. The van der Waals surface area contributed by atoms with Gasteiger partial charge in [0.2, 0.25) is 0 Å². The van der Waals surface area contributed by atoms with Crippen LogP contribution in [-0.4, -0.2) is 16.8 Å². The molecule has 1 aliphatic heterocycles. The zero-order valence-corrected chi connectivity index (χ0v) is 10.1. The standard InChI is InChI=1S/C14H16N2O2/c17-13-11-8-4-5-9-12(11)14(18)16(13)15-10-6-2-1-3-7-10/h1-3,6-7,11-12,15H,4-5,8-9H2. The minimum Gasteiger partial charge on any atom is -0.289 e. The number of nitrogens with one attached hydrogen (secondary N) is 1. The predicted octanol–water partition coefficient (Wildman–Crippen LogP) is 2.19. The Morgan fingerprint density at radius 3 is 2.06 bits per heavy atom. The van der Waals surface area contributed by atoms with Crippen LogP contribution in [0.15, 0.2) is 30.3 Å². The largest absolute Gasteiger partial charge is 0.289 e. The molecule has 0 spiro atoms. The number of hydrogen-bond acceptors (Lipinski definition) is 3. The summed E-state index contributed by atoms with van der Waals surface area (Å²) in [7, 11) is 0. The molecule has 3 rings (SSSR count). The van der Waals surface area contributed by atoms with Gasteiger partial charge >= 0.3 is 0 Å². The van der Waals surface area contributed by atoms with Crippen LogP contribution in [-0.2, 0) is 9.59 Å². The van der Waals surface area contributed by atoms with Gasteiger partial charge in [0, 0.05) is 0 Å². The smallest absolute Gasteiger partial charge is 0.252 e. The van der Waals surface area contributed by atoms with Gasteiger partial charge in [-0.25, -0.2) is 0 Å². The Kier molecular flexibility index (Phi) is 2.78. The van der Waals surface area contributed by atoms with E-state index in [1.165, 1.54) is 5.01 Å². The number of carbonyl (C=O) groups is 2. The Morgan fingerprint density at radius 1 is 0.944 bits per heavy atom. The van der Waals surface area contributed by atoms with Crippen LogP contribution in [0.1, 0.15) is 25.7 Å². The maximum Gasteiger partial charge on any atom is 0.252 e. The fourth-order valence-electron chi connectivity index (χ4n) is 2.91.